The fourth-order valence-electron chi connectivity index (χ4n) is 1.36. The molecule has 21 heavy (non-hydrogen) atoms. The van der Waals surface area contributed by atoms with E-state index in [-0.39, 0.29) is 19.1 Å². The molecule has 0 aromatic rings. The summed E-state index contributed by atoms with van der Waals surface area (Å²) in [4.78, 5) is 33.8. The zero-order valence-electron chi connectivity index (χ0n) is 11.7. The van der Waals surface area contributed by atoms with Gasteiger partial charge in [0.25, 0.3) is 5.91 Å². The lowest BCUT2D eigenvalue weighted by Crippen LogP contribution is -2.34. The molecule has 120 valence electrons. The summed E-state index contributed by atoms with van der Waals surface area (Å²) in [6.07, 6.45) is 0. The predicted molar refractivity (Wildman–Crippen MR) is 69.4 cm³/mol. The van der Waals surface area contributed by atoms with Crippen LogP contribution >= 0.6 is 0 Å². The van der Waals surface area contributed by atoms with E-state index in [4.69, 9.17) is 14.2 Å². The Labute approximate surface area is 122 Å². The van der Waals surface area contributed by atoms with Crippen LogP contribution in [0.25, 0.3) is 0 Å². The highest BCUT2D eigenvalue weighted by Gasteiger charge is 2.09. The second-order valence-electron chi connectivity index (χ2n) is 4.08. The fourth-order valence-corrected chi connectivity index (χ4v) is 1.36. The van der Waals surface area contributed by atoms with Crippen molar-refractivity contribution >= 4 is 17.8 Å². The number of esters is 1. The highest BCUT2D eigenvalue weighted by molar-refractivity contribution is 5.81. The molecule has 1 saturated heterocycles. The molecular weight excluding hydrogens is 284 g/mol. The van der Waals surface area contributed by atoms with Crippen molar-refractivity contribution < 1.29 is 33.3 Å². The van der Waals surface area contributed by atoms with Crippen molar-refractivity contribution in [2.24, 2.45) is 0 Å². The minimum absolute atomic E-state index is 0.260. The van der Waals surface area contributed by atoms with Crippen LogP contribution in [0, 0.1) is 0 Å². The molecule has 1 aliphatic heterocycles. The molecule has 0 aromatic carbocycles. The molecule has 0 bridgehead atoms. The highest BCUT2D eigenvalue weighted by atomic mass is 16.6. The van der Waals surface area contributed by atoms with E-state index in [1.807, 2.05) is 0 Å². The number of hydrogen-bond donors (Lipinski definition) is 2. The number of hydrogen-bond acceptors (Lipinski definition) is 7. The number of carbonyl (C=O) groups is 3. The molecule has 1 heterocycles. The van der Waals surface area contributed by atoms with Crippen molar-refractivity contribution in [3.8, 4) is 0 Å². The summed E-state index contributed by atoms with van der Waals surface area (Å²) >= 11 is 0. The van der Waals surface area contributed by atoms with E-state index in [1.165, 1.54) is 0 Å². The van der Waals surface area contributed by atoms with Crippen molar-refractivity contribution in [2.45, 2.75) is 0 Å². The molecule has 0 saturated carbocycles. The first-order chi connectivity index (χ1) is 10.2. The maximum absolute atomic E-state index is 11.3. The summed E-state index contributed by atoms with van der Waals surface area (Å²) in [6, 6.07) is 0. The van der Waals surface area contributed by atoms with Crippen LogP contribution in [-0.2, 0) is 33.3 Å². The van der Waals surface area contributed by atoms with Crippen LogP contribution < -0.4 is 10.6 Å². The Morgan fingerprint density at radius 3 is 1.86 bits per heavy atom. The number of nitrogens with one attached hydrogen (secondary N) is 2. The van der Waals surface area contributed by atoms with Crippen LogP contribution in [0.5, 0.6) is 0 Å². The van der Waals surface area contributed by atoms with Gasteiger partial charge in [0.05, 0.1) is 26.4 Å². The monoisotopic (exact) mass is 304 g/mol. The minimum Gasteiger partial charge on any atom is -0.454 e. The molecular formula is C12H20N2O7. The van der Waals surface area contributed by atoms with E-state index in [0.717, 1.165) is 0 Å². The van der Waals surface area contributed by atoms with Crippen LogP contribution in [0.2, 0.25) is 0 Å². The summed E-state index contributed by atoms with van der Waals surface area (Å²) in [5.41, 5.74) is 0. The van der Waals surface area contributed by atoms with Gasteiger partial charge < -0.3 is 29.6 Å². The van der Waals surface area contributed by atoms with E-state index >= 15 is 0 Å². The normalized spacial score (nSPS) is 21.4. The molecule has 0 atom stereocenters. The SMILES string of the molecule is O=C1COCC(=O)OCC(=O)NCCOCCOCCN1. The Hall–Kier alpha value is -1.71. The first kappa shape index (κ1) is 17.3. The Morgan fingerprint density at radius 1 is 0.667 bits per heavy atom. The van der Waals surface area contributed by atoms with E-state index in [1.54, 1.807) is 0 Å². The van der Waals surface area contributed by atoms with Gasteiger partial charge in [-0.25, -0.2) is 4.79 Å². The van der Waals surface area contributed by atoms with Gasteiger partial charge in [-0.15, -0.1) is 0 Å². The van der Waals surface area contributed by atoms with E-state index < -0.39 is 18.5 Å². The summed E-state index contributed by atoms with van der Waals surface area (Å²) < 4.78 is 20.0. The number of cyclic esters (lactones) is 1. The third kappa shape index (κ3) is 9.77. The summed E-state index contributed by atoms with van der Waals surface area (Å²) in [6.45, 7) is 1.12. The van der Waals surface area contributed by atoms with Gasteiger partial charge in [0.15, 0.2) is 6.61 Å². The van der Waals surface area contributed by atoms with Crippen LogP contribution in [0.3, 0.4) is 0 Å². The number of amides is 2. The van der Waals surface area contributed by atoms with Gasteiger partial charge in [0, 0.05) is 13.1 Å². The number of carbonyl (C=O) groups excluding carboxylic acids is 3. The van der Waals surface area contributed by atoms with Gasteiger partial charge in [-0.3, -0.25) is 9.59 Å². The van der Waals surface area contributed by atoms with Gasteiger partial charge in [-0.1, -0.05) is 0 Å². The van der Waals surface area contributed by atoms with E-state index in [0.29, 0.717) is 39.5 Å². The molecule has 0 aliphatic carbocycles. The van der Waals surface area contributed by atoms with Crippen molar-refractivity contribution in [2.75, 3.05) is 59.3 Å². The Kier molecular flexibility index (Phi) is 9.09. The lowest BCUT2D eigenvalue weighted by atomic mass is 10.5. The van der Waals surface area contributed by atoms with E-state index in [2.05, 4.69) is 15.4 Å². The van der Waals surface area contributed by atoms with Crippen LogP contribution in [0.15, 0.2) is 0 Å². The van der Waals surface area contributed by atoms with Crippen LogP contribution in [0.1, 0.15) is 0 Å². The third-order valence-corrected chi connectivity index (χ3v) is 2.33. The molecule has 2 amide bonds. The van der Waals surface area contributed by atoms with Crippen molar-refractivity contribution in [1.29, 1.82) is 0 Å². The predicted octanol–water partition coefficient (Wildman–Crippen LogP) is -2.17. The average molecular weight is 304 g/mol. The zero-order chi connectivity index (χ0) is 15.3. The molecule has 9 heteroatoms. The largest absolute Gasteiger partial charge is 0.454 e. The maximum atomic E-state index is 11.3. The third-order valence-electron chi connectivity index (χ3n) is 2.33. The van der Waals surface area contributed by atoms with Gasteiger partial charge >= 0.3 is 5.97 Å². The molecule has 0 aromatic heterocycles. The standard InChI is InChI=1S/C12H20N2O7/c15-10-7-20-9-12(17)21-8-11(16)14-2-4-19-6-5-18-3-1-13-10/h1-9H2,(H,13,15)(H,14,16). The van der Waals surface area contributed by atoms with E-state index in [9.17, 15) is 14.4 Å². The molecule has 0 radical (unpaired) electrons. The van der Waals surface area contributed by atoms with Crippen LogP contribution in [-0.4, -0.2) is 77.1 Å². The Morgan fingerprint density at radius 2 is 1.24 bits per heavy atom. The molecule has 1 fully saturated rings. The van der Waals surface area contributed by atoms with Crippen LogP contribution in [0.4, 0.5) is 0 Å². The average Bonchev–Trinajstić information content (AvgIpc) is 2.46. The summed E-state index contributed by atoms with van der Waals surface area (Å²) in [5, 5.41) is 5.09. The quantitative estimate of drug-likeness (QED) is 0.490. The van der Waals surface area contributed by atoms with Gasteiger partial charge in [0.1, 0.15) is 13.2 Å². The Bertz CT molecular complexity index is 348. The lowest BCUT2D eigenvalue weighted by molar-refractivity contribution is -0.153. The molecule has 0 spiro atoms. The minimum atomic E-state index is -0.710. The second kappa shape index (κ2) is 11.0. The van der Waals surface area contributed by atoms with Crippen molar-refractivity contribution in [1.82, 2.24) is 10.6 Å². The summed E-state index contributed by atoms with van der Waals surface area (Å²) in [7, 11) is 0. The zero-order valence-corrected chi connectivity index (χ0v) is 11.7. The highest BCUT2D eigenvalue weighted by Crippen LogP contribution is 1.84. The first-order valence-corrected chi connectivity index (χ1v) is 6.60. The van der Waals surface area contributed by atoms with Crippen molar-refractivity contribution in [3.63, 3.8) is 0 Å². The maximum Gasteiger partial charge on any atom is 0.332 e. The Balaban J connectivity index is 2.30. The first-order valence-electron chi connectivity index (χ1n) is 6.60. The van der Waals surface area contributed by atoms with Gasteiger partial charge in [-0.2, -0.15) is 0 Å². The van der Waals surface area contributed by atoms with Gasteiger partial charge in [0.2, 0.25) is 5.91 Å². The second-order valence-corrected chi connectivity index (χ2v) is 4.08. The van der Waals surface area contributed by atoms with Gasteiger partial charge in [-0.05, 0) is 0 Å². The van der Waals surface area contributed by atoms with Crippen molar-refractivity contribution in [3.05, 3.63) is 0 Å². The molecule has 0 unspecified atom stereocenters. The molecule has 1 aliphatic rings. The number of rotatable bonds is 0. The molecule has 2 N–H and O–H groups in total. The topological polar surface area (TPSA) is 112 Å². The number of ether oxygens (including phenoxy) is 4. The molecule has 1 rings (SSSR count). The lowest BCUT2D eigenvalue weighted by Gasteiger charge is -2.10. The fraction of sp³-hybridized carbons (Fsp3) is 0.750. The smallest absolute Gasteiger partial charge is 0.332 e. The summed E-state index contributed by atoms with van der Waals surface area (Å²) in [5.74, 6) is -1.50. The molecule has 9 nitrogen and oxygen atoms in total.